The topological polar surface area (TPSA) is 50.4 Å². The van der Waals surface area contributed by atoms with Gasteiger partial charge in [-0.15, -0.1) is 0 Å². The van der Waals surface area contributed by atoms with Gasteiger partial charge in [0, 0.05) is 18.6 Å². The van der Waals surface area contributed by atoms with E-state index in [0.29, 0.717) is 13.0 Å². The van der Waals surface area contributed by atoms with E-state index in [4.69, 9.17) is 4.74 Å². The standard InChI is InChI=1S/C12H24N2O2/c1-4-12(3,5-2)14-11(15)8-10-9-13-6-7-16-10/h10,13H,4-9H2,1-3H3,(H,14,15). The zero-order valence-corrected chi connectivity index (χ0v) is 10.6. The highest BCUT2D eigenvalue weighted by atomic mass is 16.5. The Balaban J connectivity index is 2.34. The van der Waals surface area contributed by atoms with Gasteiger partial charge in [-0.05, 0) is 19.8 Å². The van der Waals surface area contributed by atoms with Crippen LogP contribution in [-0.4, -0.2) is 37.2 Å². The van der Waals surface area contributed by atoms with Gasteiger partial charge < -0.3 is 15.4 Å². The fourth-order valence-electron chi connectivity index (χ4n) is 1.77. The maximum Gasteiger partial charge on any atom is 0.223 e. The van der Waals surface area contributed by atoms with Gasteiger partial charge in [0.05, 0.1) is 19.1 Å². The number of morpholine rings is 1. The zero-order chi connectivity index (χ0) is 12.0. The van der Waals surface area contributed by atoms with E-state index < -0.39 is 0 Å². The Hall–Kier alpha value is -0.610. The summed E-state index contributed by atoms with van der Waals surface area (Å²) in [5.74, 6) is 0.0971. The smallest absolute Gasteiger partial charge is 0.223 e. The van der Waals surface area contributed by atoms with Gasteiger partial charge >= 0.3 is 0 Å². The Morgan fingerprint density at radius 2 is 2.19 bits per heavy atom. The molecule has 1 unspecified atom stereocenters. The van der Waals surface area contributed by atoms with Crippen molar-refractivity contribution in [2.75, 3.05) is 19.7 Å². The Morgan fingerprint density at radius 1 is 1.50 bits per heavy atom. The lowest BCUT2D eigenvalue weighted by Gasteiger charge is -2.30. The minimum atomic E-state index is -0.0703. The van der Waals surface area contributed by atoms with Crippen molar-refractivity contribution in [3.8, 4) is 0 Å². The summed E-state index contributed by atoms with van der Waals surface area (Å²) in [4.78, 5) is 11.8. The van der Waals surface area contributed by atoms with Crippen LogP contribution in [0.5, 0.6) is 0 Å². The molecule has 16 heavy (non-hydrogen) atoms. The van der Waals surface area contributed by atoms with Crippen molar-refractivity contribution < 1.29 is 9.53 Å². The number of rotatable bonds is 5. The molecule has 0 aromatic carbocycles. The van der Waals surface area contributed by atoms with Gasteiger partial charge in [-0.25, -0.2) is 0 Å². The van der Waals surface area contributed by atoms with E-state index >= 15 is 0 Å². The molecule has 1 atom stereocenters. The van der Waals surface area contributed by atoms with Crippen LogP contribution >= 0.6 is 0 Å². The molecular formula is C12H24N2O2. The average Bonchev–Trinajstić information content (AvgIpc) is 2.30. The monoisotopic (exact) mass is 228 g/mol. The van der Waals surface area contributed by atoms with Crippen LogP contribution in [0, 0.1) is 0 Å². The van der Waals surface area contributed by atoms with E-state index in [9.17, 15) is 4.79 Å². The molecule has 1 heterocycles. The van der Waals surface area contributed by atoms with Crippen LogP contribution in [-0.2, 0) is 9.53 Å². The molecule has 4 nitrogen and oxygen atoms in total. The first-order valence-corrected chi connectivity index (χ1v) is 6.23. The zero-order valence-electron chi connectivity index (χ0n) is 10.6. The van der Waals surface area contributed by atoms with Crippen molar-refractivity contribution in [3.63, 3.8) is 0 Å². The molecule has 0 aliphatic carbocycles. The third-order valence-electron chi connectivity index (χ3n) is 3.42. The van der Waals surface area contributed by atoms with E-state index in [1.54, 1.807) is 0 Å². The van der Waals surface area contributed by atoms with E-state index in [0.717, 1.165) is 25.9 Å². The predicted molar refractivity (Wildman–Crippen MR) is 64.4 cm³/mol. The lowest BCUT2D eigenvalue weighted by molar-refractivity contribution is -0.126. The molecule has 0 bridgehead atoms. The SMILES string of the molecule is CCC(C)(CC)NC(=O)CC1CNCCO1. The van der Waals surface area contributed by atoms with Crippen molar-refractivity contribution in [3.05, 3.63) is 0 Å². The lowest BCUT2D eigenvalue weighted by Crippen LogP contribution is -2.48. The van der Waals surface area contributed by atoms with Crippen LogP contribution in [0.25, 0.3) is 0 Å². The molecule has 4 heteroatoms. The Morgan fingerprint density at radius 3 is 2.69 bits per heavy atom. The van der Waals surface area contributed by atoms with Crippen LogP contribution in [0.2, 0.25) is 0 Å². The first-order valence-electron chi connectivity index (χ1n) is 6.23. The number of hydrogen-bond acceptors (Lipinski definition) is 3. The normalized spacial score (nSPS) is 21.8. The molecule has 2 N–H and O–H groups in total. The molecule has 0 aromatic heterocycles. The van der Waals surface area contributed by atoms with Gasteiger partial charge in [0.2, 0.25) is 5.91 Å². The van der Waals surface area contributed by atoms with Crippen LogP contribution in [0.1, 0.15) is 40.0 Å². The number of ether oxygens (including phenoxy) is 1. The number of amides is 1. The van der Waals surface area contributed by atoms with Gasteiger partial charge in [0.15, 0.2) is 0 Å². The molecule has 0 saturated carbocycles. The summed E-state index contributed by atoms with van der Waals surface area (Å²) in [7, 11) is 0. The number of nitrogens with one attached hydrogen (secondary N) is 2. The van der Waals surface area contributed by atoms with Crippen LogP contribution in [0.4, 0.5) is 0 Å². The molecule has 1 fully saturated rings. The Labute approximate surface area is 98.1 Å². The molecule has 0 radical (unpaired) electrons. The molecule has 1 saturated heterocycles. The van der Waals surface area contributed by atoms with Crippen molar-refractivity contribution in [2.24, 2.45) is 0 Å². The predicted octanol–water partition coefficient (Wildman–Crippen LogP) is 1.06. The highest BCUT2D eigenvalue weighted by Gasteiger charge is 2.24. The van der Waals surface area contributed by atoms with E-state index in [-0.39, 0.29) is 17.6 Å². The Kier molecular flexibility index (Phi) is 5.22. The average molecular weight is 228 g/mol. The fraction of sp³-hybridized carbons (Fsp3) is 0.917. The summed E-state index contributed by atoms with van der Waals surface area (Å²) in [5.41, 5.74) is -0.0703. The maximum absolute atomic E-state index is 11.8. The van der Waals surface area contributed by atoms with Crippen LogP contribution in [0.15, 0.2) is 0 Å². The minimum absolute atomic E-state index is 0.0340. The first-order chi connectivity index (χ1) is 7.59. The first kappa shape index (κ1) is 13.5. The second-order valence-electron chi connectivity index (χ2n) is 4.72. The molecule has 94 valence electrons. The molecule has 1 amide bonds. The van der Waals surface area contributed by atoms with Crippen molar-refractivity contribution in [2.45, 2.75) is 51.7 Å². The summed E-state index contributed by atoms with van der Waals surface area (Å²) in [6.45, 7) is 8.66. The van der Waals surface area contributed by atoms with Crippen LogP contribution in [0.3, 0.4) is 0 Å². The largest absolute Gasteiger partial charge is 0.375 e. The second kappa shape index (κ2) is 6.21. The molecule has 1 rings (SSSR count). The van der Waals surface area contributed by atoms with Gasteiger partial charge in [-0.1, -0.05) is 13.8 Å². The molecule has 1 aliphatic heterocycles. The summed E-state index contributed by atoms with van der Waals surface area (Å²) >= 11 is 0. The third kappa shape index (κ3) is 4.10. The quantitative estimate of drug-likeness (QED) is 0.740. The van der Waals surface area contributed by atoms with Gasteiger partial charge in [-0.2, -0.15) is 0 Å². The molecule has 1 aliphatic rings. The van der Waals surface area contributed by atoms with E-state index in [1.165, 1.54) is 0 Å². The fourth-order valence-corrected chi connectivity index (χ4v) is 1.77. The maximum atomic E-state index is 11.8. The van der Waals surface area contributed by atoms with E-state index in [2.05, 4.69) is 31.4 Å². The number of carbonyl (C=O) groups excluding carboxylic acids is 1. The summed E-state index contributed by atoms with van der Waals surface area (Å²) in [6, 6.07) is 0. The van der Waals surface area contributed by atoms with Gasteiger partial charge in [0.1, 0.15) is 0 Å². The summed E-state index contributed by atoms with van der Waals surface area (Å²) in [6.07, 6.45) is 2.41. The van der Waals surface area contributed by atoms with Crippen molar-refractivity contribution in [1.29, 1.82) is 0 Å². The van der Waals surface area contributed by atoms with Gasteiger partial charge in [0.25, 0.3) is 0 Å². The van der Waals surface area contributed by atoms with Gasteiger partial charge in [-0.3, -0.25) is 4.79 Å². The van der Waals surface area contributed by atoms with Crippen molar-refractivity contribution >= 4 is 5.91 Å². The third-order valence-corrected chi connectivity index (χ3v) is 3.42. The summed E-state index contributed by atoms with van der Waals surface area (Å²) in [5, 5.41) is 6.32. The number of hydrogen-bond donors (Lipinski definition) is 2. The van der Waals surface area contributed by atoms with Crippen LogP contribution < -0.4 is 10.6 Å². The molecule has 0 aromatic rings. The Bertz CT molecular complexity index is 221. The molecular weight excluding hydrogens is 204 g/mol. The second-order valence-corrected chi connectivity index (χ2v) is 4.72. The van der Waals surface area contributed by atoms with E-state index in [1.807, 2.05) is 0 Å². The lowest BCUT2D eigenvalue weighted by atomic mass is 9.95. The minimum Gasteiger partial charge on any atom is -0.375 e. The number of carbonyl (C=O) groups is 1. The van der Waals surface area contributed by atoms with Crippen molar-refractivity contribution in [1.82, 2.24) is 10.6 Å². The summed E-state index contributed by atoms with van der Waals surface area (Å²) < 4.78 is 5.51. The highest BCUT2D eigenvalue weighted by molar-refractivity contribution is 5.77. The highest BCUT2D eigenvalue weighted by Crippen LogP contribution is 2.14. The molecule has 0 spiro atoms.